The Labute approximate surface area is 125 Å². The van der Waals surface area contributed by atoms with Crippen molar-refractivity contribution in [3.05, 3.63) is 29.8 Å². The summed E-state index contributed by atoms with van der Waals surface area (Å²) < 4.78 is 0. The third-order valence-electron chi connectivity index (χ3n) is 4.34. The van der Waals surface area contributed by atoms with Crippen molar-refractivity contribution in [2.24, 2.45) is 0 Å². The number of benzene rings is 1. The minimum Gasteiger partial charge on any atom is -0.343 e. The molecule has 1 fully saturated rings. The summed E-state index contributed by atoms with van der Waals surface area (Å²) in [5, 5.41) is 3.82. The summed E-state index contributed by atoms with van der Waals surface area (Å²) in [4.78, 5) is 14.8. The molecular weight excluding hydrogens is 268 g/mol. The number of thioether (sulfide) groups is 1. The van der Waals surface area contributed by atoms with Gasteiger partial charge in [0, 0.05) is 37.0 Å². The fraction of sp³-hybridized carbons (Fsp3) is 0.562. The van der Waals surface area contributed by atoms with Gasteiger partial charge in [0.2, 0.25) is 5.91 Å². The average molecular weight is 290 g/mol. The van der Waals surface area contributed by atoms with E-state index in [1.165, 1.54) is 22.6 Å². The Morgan fingerprint density at radius 2 is 2.00 bits per heavy atom. The van der Waals surface area contributed by atoms with Gasteiger partial charge in [0.25, 0.3) is 0 Å². The zero-order valence-electron chi connectivity index (χ0n) is 12.0. The molecule has 108 valence electrons. The topological polar surface area (TPSA) is 32.3 Å². The molecule has 0 aromatic heterocycles. The second-order valence-electron chi connectivity index (χ2n) is 5.67. The summed E-state index contributed by atoms with van der Waals surface area (Å²) in [5.41, 5.74) is 1.46. The van der Waals surface area contributed by atoms with Crippen LogP contribution in [-0.2, 0) is 4.79 Å². The monoisotopic (exact) mass is 290 g/mol. The van der Waals surface area contributed by atoms with Crippen molar-refractivity contribution in [2.75, 3.05) is 18.8 Å². The first-order valence-corrected chi connectivity index (χ1v) is 8.46. The maximum atomic E-state index is 11.4. The molecule has 0 bridgehead atoms. The zero-order chi connectivity index (χ0) is 13.9. The van der Waals surface area contributed by atoms with Gasteiger partial charge in [-0.05, 0) is 36.6 Å². The summed E-state index contributed by atoms with van der Waals surface area (Å²) in [6.07, 6.45) is 3.35. The van der Waals surface area contributed by atoms with Gasteiger partial charge >= 0.3 is 0 Å². The third kappa shape index (κ3) is 3.01. The molecule has 0 aliphatic carbocycles. The van der Waals surface area contributed by atoms with Gasteiger partial charge in [-0.25, -0.2) is 0 Å². The molecule has 1 aromatic rings. The van der Waals surface area contributed by atoms with Crippen LogP contribution in [0.25, 0.3) is 0 Å². The van der Waals surface area contributed by atoms with Gasteiger partial charge in [-0.3, -0.25) is 4.79 Å². The van der Waals surface area contributed by atoms with Crippen LogP contribution in [-0.4, -0.2) is 35.7 Å². The Kier molecular flexibility index (Phi) is 4.32. The third-order valence-corrected chi connectivity index (χ3v) is 5.46. The predicted octanol–water partition coefficient (Wildman–Crippen LogP) is 2.82. The van der Waals surface area contributed by atoms with Crippen molar-refractivity contribution in [2.45, 2.75) is 43.2 Å². The number of carbonyl (C=O) groups is 1. The van der Waals surface area contributed by atoms with Crippen molar-refractivity contribution in [1.82, 2.24) is 10.2 Å². The van der Waals surface area contributed by atoms with Crippen LogP contribution >= 0.6 is 11.8 Å². The molecule has 1 unspecified atom stereocenters. The van der Waals surface area contributed by atoms with Gasteiger partial charge in [0.05, 0.1) is 0 Å². The summed E-state index contributed by atoms with van der Waals surface area (Å²) >= 11 is 1.97. The summed E-state index contributed by atoms with van der Waals surface area (Å²) in [5.74, 6) is 1.41. The normalized spacial score (nSPS) is 23.4. The van der Waals surface area contributed by atoms with Gasteiger partial charge in [-0.2, -0.15) is 0 Å². The molecule has 0 saturated carbocycles. The molecule has 2 aliphatic heterocycles. The van der Waals surface area contributed by atoms with Crippen LogP contribution in [0, 0.1) is 0 Å². The van der Waals surface area contributed by atoms with Crippen LogP contribution < -0.4 is 5.32 Å². The van der Waals surface area contributed by atoms with Crippen molar-refractivity contribution in [3.8, 4) is 0 Å². The van der Waals surface area contributed by atoms with E-state index >= 15 is 0 Å². The van der Waals surface area contributed by atoms with E-state index in [4.69, 9.17) is 0 Å². The fourth-order valence-electron chi connectivity index (χ4n) is 3.16. The fourth-order valence-corrected chi connectivity index (χ4v) is 4.29. The van der Waals surface area contributed by atoms with Crippen molar-refractivity contribution in [1.29, 1.82) is 0 Å². The highest BCUT2D eigenvalue weighted by Gasteiger charge is 2.26. The number of carbonyl (C=O) groups excluding carboxylic acids is 1. The molecule has 20 heavy (non-hydrogen) atoms. The Balaban J connectivity index is 1.61. The highest BCUT2D eigenvalue weighted by molar-refractivity contribution is 7.99. The SMILES string of the molecule is CC(=O)N1CCC(NC2CCSc3ccccc32)CC1. The Morgan fingerprint density at radius 1 is 1.25 bits per heavy atom. The molecule has 3 rings (SSSR count). The van der Waals surface area contributed by atoms with E-state index in [0.29, 0.717) is 12.1 Å². The first-order valence-electron chi connectivity index (χ1n) is 7.47. The minimum atomic E-state index is 0.211. The molecule has 0 radical (unpaired) electrons. The Hall–Kier alpha value is -1.00. The lowest BCUT2D eigenvalue weighted by molar-refractivity contribution is -0.129. The lowest BCUT2D eigenvalue weighted by Crippen LogP contribution is -2.45. The Bertz CT molecular complexity index is 483. The van der Waals surface area contributed by atoms with Crippen molar-refractivity contribution < 1.29 is 4.79 Å². The number of likely N-dealkylation sites (tertiary alicyclic amines) is 1. The number of nitrogens with one attached hydrogen (secondary N) is 1. The first kappa shape index (κ1) is 14.0. The molecule has 1 amide bonds. The number of hydrogen-bond donors (Lipinski definition) is 1. The van der Waals surface area contributed by atoms with Crippen LogP contribution in [0.5, 0.6) is 0 Å². The van der Waals surface area contributed by atoms with E-state index in [1.54, 1.807) is 6.92 Å². The lowest BCUT2D eigenvalue weighted by Gasteiger charge is -2.35. The average Bonchev–Trinajstić information content (AvgIpc) is 2.48. The summed E-state index contributed by atoms with van der Waals surface area (Å²) in [6.45, 7) is 3.47. The molecule has 0 spiro atoms. The highest BCUT2D eigenvalue weighted by atomic mass is 32.2. The number of hydrogen-bond acceptors (Lipinski definition) is 3. The van der Waals surface area contributed by atoms with E-state index < -0.39 is 0 Å². The Morgan fingerprint density at radius 3 is 2.75 bits per heavy atom. The molecular formula is C16H22N2OS. The van der Waals surface area contributed by atoms with Crippen LogP contribution in [0.1, 0.15) is 37.8 Å². The smallest absolute Gasteiger partial charge is 0.219 e. The van der Waals surface area contributed by atoms with Gasteiger partial charge in [0.15, 0.2) is 0 Å². The van der Waals surface area contributed by atoms with Gasteiger partial charge in [-0.1, -0.05) is 18.2 Å². The quantitative estimate of drug-likeness (QED) is 0.909. The van der Waals surface area contributed by atoms with Crippen LogP contribution in [0.2, 0.25) is 0 Å². The highest BCUT2D eigenvalue weighted by Crippen LogP contribution is 2.36. The maximum absolute atomic E-state index is 11.4. The number of fused-ring (bicyclic) bond motifs is 1. The van der Waals surface area contributed by atoms with E-state index in [9.17, 15) is 4.79 Å². The number of nitrogens with zero attached hydrogens (tertiary/aromatic N) is 1. The van der Waals surface area contributed by atoms with Gasteiger partial charge in [-0.15, -0.1) is 11.8 Å². The molecule has 1 N–H and O–H groups in total. The van der Waals surface area contributed by atoms with E-state index in [1.807, 2.05) is 16.7 Å². The molecule has 3 nitrogen and oxygen atoms in total. The van der Waals surface area contributed by atoms with E-state index in [2.05, 4.69) is 29.6 Å². The summed E-state index contributed by atoms with van der Waals surface area (Å²) in [7, 11) is 0. The van der Waals surface area contributed by atoms with Crippen molar-refractivity contribution >= 4 is 17.7 Å². The van der Waals surface area contributed by atoms with Gasteiger partial charge in [0.1, 0.15) is 0 Å². The molecule has 1 aromatic carbocycles. The molecule has 4 heteroatoms. The minimum absolute atomic E-state index is 0.211. The summed E-state index contributed by atoms with van der Waals surface area (Å²) in [6, 6.07) is 9.78. The van der Waals surface area contributed by atoms with Crippen LogP contribution in [0.15, 0.2) is 29.2 Å². The molecule has 1 saturated heterocycles. The zero-order valence-corrected chi connectivity index (χ0v) is 12.8. The predicted molar refractivity (Wildman–Crippen MR) is 82.9 cm³/mol. The van der Waals surface area contributed by atoms with E-state index in [0.717, 1.165) is 25.9 Å². The largest absolute Gasteiger partial charge is 0.343 e. The number of rotatable bonds is 2. The molecule has 2 aliphatic rings. The van der Waals surface area contributed by atoms with Crippen molar-refractivity contribution in [3.63, 3.8) is 0 Å². The van der Waals surface area contributed by atoms with Crippen LogP contribution in [0.4, 0.5) is 0 Å². The standard InChI is InChI=1S/C16H22N2OS/c1-12(19)18-9-6-13(7-10-18)17-15-8-11-20-16-5-3-2-4-14(15)16/h2-5,13,15,17H,6-11H2,1H3. The second-order valence-corrected chi connectivity index (χ2v) is 6.81. The number of piperidine rings is 1. The van der Waals surface area contributed by atoms with Crippen LogP contribution in [0.3, 0.4) is 0 Å². The second kappa shape index (κ2) is 6.19. The lowest BCUT2D eigenvalue weighted by atomic mass is 9.99. The first-order chi connectivity index (χ1) is 9.74. The maximum Gasteiger partial charge on any atom is 0.219 e. The van der Waals surface area contributed by atoms with Gasteiger partial charge < -0.3 is 10.2 Å². The van der Waals surface area contributed by atoms with E-state index in [-0.39, 0.29) is 5.91 Å². The number of amides is 1. The molecule has 1 atom stereocenters. The molecule has 2 heterocycles.